The molecule has 1 aliphatic heterocycles. The van der Waals surface area contributed by atoms with Crippen molar-refractivity contribution in [2.75, 3.05) is 0 Å². The van der Waals surface area contributed by atoms with Crippen molar-refractivity contribution in [3.63, 3.8) is 0 Å². The first-order chi connectivity index (χ1) is 15.8. The van der Waals surface area contributed by atoms with Crippen LogP contribution in [0.5, 0.6) is 0 Å². The fourth-order valence-corrected chi connectivity index (χ4v) is 5.23. The lowest BCUT2D eigenvalue weighted by Crippen LogP contribution is -2.40. The summed E-state index contributed by atoms with van der Waals surface area (Å²) in [6, 6.07) is 42.1. The third-order valence-corrected chi connectivity index (χ3v) is 7.54. The van der Waals surface area contributed by atoms with Crippen molar-refractivity contribution in [3.05, 3.63) is 144 Å². The second kappa shape index (κ2) is 9.29. The van der Waals surface area contributed by atoms with Crippen LogP contribution in [0.1, 0.15) is 32.6 Å². The molecule has 0 saturated carbocycles. The molecule has 2 nitrogen and oxygen atoms in total. The van der Waals surface area contributed by atoms with Crippen LogP contribution in [0.25, 0.3) is 0 Å². The second-order valence-electron chi connectivity index (χ2n) is 8.05. The van der Waals surface area contributed by atoms with E-state index >= 15 is 0 Å². The Morgan fingerprint density at radius 2 is 1.16 bits per heavy atom. The number of nitrogens with zero attached hydrogens (tertiary/aromatic N) is 1. The molecule has 4 aromatic carbocycles. The zero-order valence-corrected chi connectivity index (χ0v) is 19.8. The van der Waals surface area contributed by atoms with E-state index in [0.717, 1.165) is 12.0 Å². The molecule has 0 bridgehead atoms. The van der Waals surface area contributed by atoms with Crippen LogP contribution >= 0.6 is 22.6 Å². The molecule has 2 unspecified atom stereocenters. The fraction of sp³-hybridized carbons (Fsp3) is 0.138. The molecule has 0 saturated heterocycles. The number of halogens is 1. The van der Waals surface area contributed by atoms with Gasteiger partial charge in [-0.2, -0.15) is 0 Å². The summed E-state index contributed by atoms with van der Waals surface area (Å²) in [5.74, 6) is 0.701. The predicted molar refractivity (Wildman–Crippen MR) is 139 cm³/mol. The highest BCUT2D eigenvalue weighted by atomic mass is 127. The highest BCUT2D eigenvalue weighted by Gasteiger charge is 2.44. The fourth-order valence-electron chi connectivity index (χ4n) is 4.41. The highest BCUT2D eigenvalue weighted by Crippen LogP contribution is 2.46. The van der Waals surface area contributed by atoms with Crippen LogP contribution in [-0.4, -0.2) is 12.0 Å². The third-order valence-electron chi connectivity index (χ3n) is 6.02. The Balaban J connectivity index is 1.70. The Kier molecular flexibility index (Phi) is 6.08. The van der Waals surface area contributed by atoms with Crippen LogP contribution in [-0.2, 0) is 10.3 Å². The molecule has 2 atom stereocenters. The first-order valence-electron chi connectivity index (χ1n) is 10.9. The summed E-state index contributed by atoms with van der Waals surface area (Å²) in [6.07, 6.45) is 0.728. The number of hydrogen-bond donors (Lipinski definition) is 0. The van der Waals surface area contributed by atoms with E-state index in [0.29, 0.717) is 5.90 Å². The van der Waals surface area contributed by atoms with Gasteiger partial charge >= 0.3 is 0 Å². The van der Waals surface area contributed by atoms with E-state index in [1.165, 1.54) is 16.7 Å². The molecule has 0 N–H and O–H groups in total. The molecule has 0 spiro atoms. The maximum absolute atomic E-state index is 6.63. The molecule has 32 heavy (non-hydrogen) atoms. The van der Waals surface area contributed by atoms with Gasteiger partial charge in [-0.3, -0.25) is 0 Å². The summed E-state index contributed by atoms with van der Waals surface area (Å²) >= 11 is 2.53. The van der Waals surface area contributed by atoms with Crippen molar-refractivity contribution in [1.82, 2.24) is 0 Å². The van der Waals surface area contributed by atoms with E-state index in [1.54, 1.807) is 0 Å². The molecule has 158 valence electrons. The summed E-state index contributed by atoms with van der Waals surface area (Å²) in [5.41, 5.74) is 4.12. The number of benzene rings is 4. The maximum Gasteiger partial charge on any atom is 0.217 e. The molecule has 0 aliphatic carbocycles. The maximum atomic E-state index is 6.63. The summed E-state index contributed by atoms with van der Waals surface area (Å²) in [7, 11) is 0. The minimum absolute atomic E-state index is 0.0360. The average molecular weight is 529 g/mol. The Labute approximate surface area is 203 Å². The summed E-state index contributed by atoms with van der Waals surface area (Å²) < 4.78 is 6.82. The van der Waals surface area contributed by atoms with E-state index in [1.807, 2.05) is 18.2 Å². The van der Waals surface area contributed by atoms with Crippen molar-refractivity contribution in [3.8, 4) is 0 Å². The van der Waals surface area contributed by atoms with Gasteiger partial charge in [-0.15, -0.1) is 0 Å². The lowest BCUT2D eigenvalue weighted by Gasteiger charge is -2.41. The number of alkyl halides is 1. The number of rotatable bonds is 5. The predicted octanol–water partition coefficient (Wildman–Crippen LogP) is 7.34. The molecule has 0 amide bonds. The van der Waals surface area contributed by atoms with Gasteiger partial charge in [-0.05, 0) is 28.8 Å². The van der Waals surface area contributed by atoms with E-state index in [2.05, 4.69) is 126 Å². The van der Waals surface area contributed by atoms with Crippen molar-refractivity contribution >= 4 is 28.5 Å². The third kappa shape index (κ3) is 4.09. The molecular formula is C29H24INO. The molecule has 0 aromatic heterocycles. The van der Waals surface area contributed by atoms with Crippen LogP contribution in [0, 0.1) is 0 Å². The SMILES string of the molecule is IC(c1ccccc1)C1CC(c2ccccc2)(c2ccccc2)N=C(c2ccccc2)O1. The van der Waals surface area contributed by atoms with Gasteiger partial charge in [0.1, 0.15) is 11.6 Å². The largest absolute Gasteiger partial charge is 0.473 e. The van der Waals surface area contributed by atoms with Gasteiger partial charge in [0.05, 0.1) is 3.92 Å². The van der Waals surface area contributed by atoms with Crippen molar-refractivity contribution in [1.29, 1.82) is 0 Å². The molecule has 4 aromatic rings. The average Bonchev–Trinajstić information content (AvgIpc) is 2.90. The lowest BCUT2D eigenvalue weighted by molar-refractivity contribution is 0.131. The van der Waals surface area contributed by atoms with Crippen molar-refractivity contribution in [2.45, 2.75) is 22.0 Å². The normalized spacial score (nSPS) is 18.3. The van der Waals surface area contributed by atoms with E-state index in [-0.39, 0.29) is 10.0 Å². The molecular weight excluding hydrogens is 505 g/mol. The Hall–Kier alpha value is -2.92. The quantitative estimate of drug-likeness (QED) is 0.196. The summed E-state index contributed by atoms with van der Waals surface area (Å²) in [5, 5.41) is 0. The minimum atomic E-state index is -0.519. The summed E-state index contributed by atoms with van der Waals surface area (Å²) in [4.78, 5) is 5.34. The molecule has 1 heterocycles. The van der Waals surface area contributed by atoms with E-state index < -0.39 is 5.54 Å². The van der Waals surface area contributed by atoms with Gasteiger partial charge in [-0.1, -0.05) is 132 Å². The standard InChI is InChI=1S/C29H24INO/c30-27(22-13-5-1-6-14-22)26-21-29(24-17-9-3-10-18-24,25-19-11-4-12-20-25)31-28(32-26)23-15-7-2-8-16-23/h1-20,26-27H,21H2. The molecule has 3 heteroatoms. The van der Waals surface area contributed by atoms with E-state index in [4.69, 9.17) is 9.73 Å². The van der Waals surface area contributed by atoms with Crippen LogP contribution in [0.15, 0.2) is 126 Å². The number of aliphatic imine (C=N–C) groups is 1. The van der Waals surface area contributed by atoms with Crippen LogP contribution in [0.2, 0.25) is 0 Å². The zero-order chi connectivity index (χ0) is 21.8. The van der Waals surface area contributed by atoms with Gasteiger partial charge < -0.3 is 4.74 Å². The van der Waals surface area contributed by atoms with Gasteiger partial charge in [0.2, 0.25) is 5.90 Å². The van der Waals surface area contributed by atoms with E-state index in [9.17, 15) is 0 Å². The molecule has 1 aliphatic rings. The zero-order valence-electron chi connectivity index (χ0n) is 17.6. The Bertz CT molecular complexity index is 1140. The topological polar surface area (TPSA) is 21.6 Å². The number of hydrogen-bond acceptors (Lipinski definition) is 2. The van der Waals surface area contributed by atoms with Crippen LogP contribution < -0.4 is 0 Å². The highest BCUT2D eigenvalue weighted by molar-refractivity contribution is 14.1. The second-order valence-corrected chi connectivity index (χ2v) is 9.39. The monoisotopic (exact) mass is 529 g/mol. The Morgan fingerprint density at radius 3 is 1.69 bits per heavy atom. The first-order valence-corrected chi connectivity index (χ1v) is 12.1. The number of ether oxygens (including phenoxy) is 1. The first kappa shape index (κ1) is 21.0. The van der Waals surface area contributed by atoms with Gasteiger partial charge in [0.25, 0.3) is 0 Å². The summed E-state index contributed by atoms with van der Waals surface area (Å²) in [6.45, 7) is 0. The minimum Gasteiger partial charge on any atom is -0.473 e. The molecule has 0 fully saturated rings. The van der Waals surface area contributed by atoms with Crippen molar-refractivity contribution in [2.24, 2.45) is 4.99 Å². The van der Waals surface area contributed by atoms with Crippen LogP contribution in [0.3, 0.4) is 0 Å². The van der Waals surface area contributed by atoms with Gasteiger partial charge in [0, 0.05) is 12.0 Å². The molecule has 0 radical (unpaired) electrons. The van der Waals surface area contributed by atoms with Gasteiger partial charge in [-0.25, -0.2) is 4.99 Å². The lowest BCUT2D eigenvalue weighted by atomic mass is 9.77. The molecule has 5 rings (SSSR count). The smallest absolute Gasteiger partial charge is 0.217 e. The van der Waals surface area contributed by atoms with Crippen LogP contribution in [0.4, 0.5) is 0 Å². The Morgan fingerprint density at radius 1 is 0.688 bits per heavy atom. The van der Waals surface area contributed by atoms with Crippen molar-refractivity contribution < 1.29 is 4.74 Å². The van der Waals surface area contributed by atoms with Gasteiger partial charge in [0.15, 0.2) is 0 Å².